The number of hydrogen-bond acceptors (Lipinski definition) is 5. The number of halogens is 3. The van der Waals surface area contributed by atoms with Crippen molar-refractivity contribution >= 4 is 16.9 Å². The molecule has 0 aliphatic carbocycles. The molecule has 9 heteroatoms. The molecule has 0 saturated carbocycles. The van der Waals surface area contributed by atoms with Crippen LogP contribution in [0.4, 0.5) is 19.1 Å². The lowest BCUT2D eigenvalue weighted by molar-refractivity contribution is -0.138. The molecular weight excluding hydrogens is 441 g/mol. The summed E-state index contributed by atoms with van der Waals surface area (Å²) >= 11 is 0. The quantitative estimate of drug-likeness (QED) is 0.605. The van der Waals surface area contributed by atoms with Crippen molar-refractivity contribution in [2.75, 3.05) is 32.0 Å². The molecule has 1 aromatic carbocycles. The van der Waals surface area contributed by atoms with Crippen LogP contribution < -0.4 is 10.8 Å². The minimum atomic E-state index is -4.40. The molecule has 1 saturated heterocycles. The number of hydrogen-bond donors (Lipinski definition) is 1. The molecule has 180 valence electrons. The van der Waals surface area contributed by atoms with Crippen LogP contribution in [0.25, 0.3) is 10.9 Å². The summed E-state index contributed by atoms with van der Waals surface area (Å²) in [5.74, 6) is 1.10. The number of nitrogens with zero attached hydrogens (tertiary/aromatic N) is 5. The van der Waals surface area contributed by atoms with Gasteiger partial charge in [0.05, 0.1) is 23.3 Å². The topological polar surface area (TPSA) is 58.3 Å². The van der Waals surface area contributed by atoms with E-state index in [9.17, 15) is 13.2 Å². The fourth-order valence-corrected chi connectivity index (χ4v) is 5.13. The molecule has 1 N–H and O–H groups in total. The molecule has 3 aromatic rings. The molecule has 1 fully saturated rings. The van der Waals surface area contributed by atoms with Gasteiger partial charge < -0.3 is 14.8 Å². The lowest BCUT2D eigenvalue weighted by atomic mass is 9.93. The van der Waals surface area contributed by atoms with Crippen molar-refractivity contribution in [1.82, 2.24) is 19.4 Å². The van der Waals surface area contributed by atoms with Gasteiger partial charge in [0.25, 0.3) is 0 Å². The highest BCUT2D eigenvalue weighted by molar-refractivity contribution is 5.79. The molecule has 0 amide bonds. The maximum Gasteiger partial charge on any atom is 0.416 e. The monoisotopic (exact) mass is 470 g/mol. The first-order valence-electron chi connectivity index (χ1n) is 11.8. The standard InChI is InChI=1S/C25H29F3N6/c1-15-18(5-4-6-20(15)25(26,27)28)16(2)31-23-19-13-21(17-7-10-33(3)11-8-17)30-14-22(19)34-12-9-29-24(34)32-23/h4-6,13-14,16-17H,7-12H2,1-3H3,(H,29,31,32). The zero-order valence-corrected chi connectivity index (χ0v) is 19.7. The number of piperidine rings is 1. The van der Waals surface area contributed by atoms with Crippen molar-refractivity contribution in [3.8, 4) is 0 Å². The van der Waals surface area contributed by atoms with Gasteiger partial charge in [-0.1, -0.05) is 12.1 Å². The van der Waals surface area contributed by atoms with E-state index in [1.807, 2.05) is 13.1 Å². The van der Waals surface area contributed by atoms with Gasteiger partial charge in [-0.15, -0.1) is 0 Å². The fraction of sp³-hybridized carbons (Fsp3) is 0.480. The smallest absolute Gasteiger partial charge is 0.354 e. The van der Waals surface area contributed by atoms with Crippen LogP contribution in [-0.2, 0) is 12.7 Å². The summed E-state index contributed by atoms with van der Waals surface area (Å²) in [5, 5.41) is 4.17. The van der Waals surface area contributed by atoms with Gasteiger partial charge in [0.15, 0.2) is 5.49 Å². The first kappa shape index (κ1) is 22.8. The first-order chi connectivity index (χ1) is 16.2. The molecular formula is C25H29F3N6. The summed E-state index contributed by atoms with van der Waals surface area (Å²) in [4.78, 5) is 16.8. The van der Waals surface area contributed by atoms with E-state index in [1.54, 1.807) is 6.07 Å². The summed E-state index contributed by atoms with van der Waals surface area (Å²) in [6.07, 6.45) is -0.392. The number of pyridine rings is 1. The molecule has 2 aliphatic rings. The van der Waals surface area contributed by atoms with Gasteiger partial charge in [-0.3, -0.25) is 9.98 Å². The van der Waals surface area contributed by atoms with Crippen molar-refractivity contribution in [3.63, 3.8) is 0 Å². The van der Waals surface area contributed by atoms with Crippen LogP contribution in [0.1, 0.15) is 54.1 Å². The number of fused-ring (bicyclic) bond motifs is 3. The third-order valence-electron chi connectivity index (χ3n) is 7.11. The van der Waals surface area contributed by atoms with Gasteiger partial charge in [0.2, 0.25) is 5.95 Å². The molecule has 5 rings (SSSR count). The highest BCUT2D eigenvalue weighted by Gasteiger charge is 2.33. The van der Waals surface area contributed by atoms with Gasteiger partial charge in [0.1, 0.15) is 0 Å². The minimum absolute atomic E-state index is 0.206. The Kier molecular flexibility index (Phi) is 5.83. The third kappa shape index (κ3) is 4.17. The van der Waals surface area contributed by atoms with E-state index in [-0.39, 0.29) is 5.56 Å². The Morgan fingerprint density at radius 1 is 1.18 bits per heavy atom. The highest BCUT2D eigenvalue weighted by Crippen LogP contribution is 2.35. The van der Waals surface area contributed by atoms with Gasteiger partial charge >= 0.3 is 6.18 Å². The fourth-order valence-electron chi connectivity index (χ4n) is 5.13. The Labute approximate surface area is 196 Å². The van der Waals surface area contributed by atoms with E-state index in [1.165, 1.54) is 13.0 Å². The average molecular weight is 471 g/mol. The van der Waals surface area contributed by atoms with Crippen molar-refractivity contribution in [2.24, 2.45) is 4.99 Å². The molecule has 4 heterocycles. The van der Waals surface area contributed by atoms with Crippen molar-refractivity contribution in [2.45, 2.75) is 51.4 Å². The van der Waals surface area contributed by atoms with Gasteiger partial charge in [-0.2, -0.15) is 18.2 Å². The second-order valence-corrected chi connectivity index (χ2v) is 9.36. The molecule has 0 radical (unpaired) electrons. The normalized spacial score (nSPS) is 18.8. The number of rotatable bonds is 3. The van der Waals surface area contributed by atoms with E-state index in [0.717, 1.165) is 61.7 Å². The lowest BCUT2D eigenvalue weighted by Crippen LogP contribution is -2.29. The Morgan fingerprint density at radius 3 is 2.68 bits per heavy atom. The van der Waals surface area contributed by atoms with Crippen LogP contribution in [0.15, 0.2) is 35.5 Å². The van der Waals surface area contributed by atoms with Crippen molar-refractivity contribution in [3.05, 3.63) is 58.3 Å². The average Bonchev–Trinajstić information content (AvgIpc) is 3.27. The molecule has 34 heavy (non-hydrogen) atoms. The van der Waals surface area contributed by atoms with E-state index < -0.39 is 17.8 Å². The Hall–Kier alpha value is -2.94. The first-order valence-corrected chi connectivity index (χ1v) is 11.8. The Balaban J connectivity index is 1.62. The molecule has 2 aromatic heterocycles. The van der Waals surface area contributed by atoms with Gasteiger partial charge in [0, 0.05) is 30.1 Å². The summed E-state index contributed by atoms with van der Waals surface area (Å²) in [6.45, 7) is 6.96. The molecule has 6 nitrogen and oxygen atoms in total. The molecule has 2 aliphatic heterocycles. The Morgan fingerprint density at radius 2 is 1.94 bits per heavy atom. The van der Waals surface area contributed by atoms with Gasteiger partial charge in [-0.25, -0.2) is 0 Å². The number of anilines is 1. The predicted molar refractivity (Wildman–Crippen MR) is 126 cm³/mol. The molecule has 1 atom stereocenters. The number of nitrogens with one attached hydrogen (secondary N) is 1. The van der Waals surface area contributed by atoms with Crippen LogP contribution >= 0.6 is 0 Å². The summed E-state index contributed by atoms with van der Waals surface area (Å²) < 4.78 is 42.5. The minimum Gasteiger partial charge on any atom is -0.354 e. The molecule has 1 unspecified atom stereocenters. The maximum atomic E-state index is 13.5. The number of benzene rings is 1. The maximum absolute atomic E-state index is 13.5. The van der Waals surface area contributed by atoms with Gasteiger partial charge in [-0.05, 0) is 70.1 Å². The zero-order valence-electron chi connectivity index (χ0n) is 19.7. The second kappa shape index (κ2) is 8.69. The summed E-state index contributed by atoms with van der Waals surface area (Å²) in [7, 11) is 2.13. The van der Waals surface area contributed by atoms with Crippen LogP contribution in [-0.4, -0.2) is 46.1 Å². The van der Waals surface area contributed by atoms with E-state index in [4.69, 9.17) is 15.0 Å². The lowest BCUT2D eigenvalue weighted by Gasteiger charge is -2.28. The second-order valence-electron chi connectivity index (χ2n) is 9.36. The molecule has 0 bridgehead atoms. The largest absolute Gasteiger partial charge is 0.416 e. The third-order valence-corrected chi connectivity index (χ3v) is 7.11. The predicted octanol–water partition coefficient (Wildman–Crippen LogP) is 4.66. The Bertz CT molecular complexity index is 1290. The van der Waals surface area contributed by atoms with E-state index >= 15 is 0 Å². The van der Waals surface area contributed by atoms with Crippen LogP contribution in [0.3, 0.4) is 0 Å². The zero-order chi connectivity index (χ0) is 24.0. The highest BCUT2D eigenvalue weighted by atomic mass is 19.4. The van der Waals surface area contributed by atoms with E-state index in [0.29, 0.717) is 22.9 Å². The summed E-state index contributed by atoms with van der Waals surface area (Å²) in [5.41, 5.74) is 2.65. The number of aromatic nitrogens is 3. The van der Waals surface area contributed by atoms with E-state index in [2.05, 4.69) is 27.9 Å². The van der Waals surface area contributed by atoms with Crippen LogP contribution in [0, 0.1) is 6.92 Å². The number of alkyl halides is 3. The SMILES string of the molecule is Cc1c(C(C)N=c2nc3n(c4cnc(C5CCN(C)CC5)cc24)CCN3)cccc1C(F)(F)F. The van der Waals surface area contributed by atoms with Crippen molar-refractivity contribution < 1.29 is 13.2 Å². The van der Waals surface area contributed by atoms with Crippen LogP contribution in [0.2, 0.25) is 0 Å². The molecule has 0 spiro atoms. The van der Waals surface area contributed by atoms with Crippen LogP contribution in [0.5, 0.6) is 0 Å². The summed E-state index contributed by atoms with van der Waals surface area (Å²) in [6, 6.07) is 5.89. The van der Waals surface area contributed by atoms with Crippen molar-refractivity contribution in [1.29, 1.82) is 0 Å². The number of likely N-dealkylation sites (tertiary alicyclic amines) is 1.